The molecule has 0 saturated heterocycles. The van der Waals surface area contributed by atoms with E-state index in [9.17, 15) is 0 Å². The second kappa shape index (κ2) is 14.3. The maximum absolute atomic E-state index is 5.97. The van der Waals surface area contributed by atoms with E-state index in [1.807, 2.05) is 0 Å². The van der Waals surface area contributed by atoms with E-state index in [-0.39, 0.29) is 0 Å². The van der Waals surface area contributed by atoms with Gasteiger partial charge in [0, 0.05) is 4.43 Å². The Balaban J connectivity index is 1.96. The van der Waals surface area contributed by atoms with Crippen LogP contribution in [0.2, 0.25) is 0 Å². The lowest BCUT2D eigenvalue weighted by Crippen LogP contribution is -2.08. The first-order valence-corrected chi connectivity index (χ1v) is 11.0. The predicted molar refractivity (Wildman–Crippen MR) is 110 cm³/mol. The van der Waals surface area contributed by atoms with E-state index in [4.69, 9.17) is 4.74 Å². The summed E-state index contributed by atoms with van der Waals surface area (Å²) in [6.07, 6.45) is 14.1. The number of hydrogen-bond donors (Lipinski definition) is 0. The van der Waals surface area contributed by atoms with Gasteiger partial charge in [-0.1, -0.05) is 112 Å². The number of ether oxygens (including phenoxy) is 1. The van der Waals surface area contributed by atoms with Crippen LogP contribution in [-0.2, 0) is 15.8 Å². The molecule has 0 heterocycles. The molecule has 0 radical (unpaired) electrons. The Morgan fingerprint density at radius 3 is 1.91 bits per heavy atom. The van der Waals surface area contributed by atoms with Gasteiger partial charge in [0.25, 0.3) is 0 Å². The molecule has 132 valence electrons. The maximum atomic E-state index is 5.97. The van der Waals surface area contributed by atoms with Crippen molar-refractivity contribution in [3.63, 3.8) is 0 Å². The highest BCUT2D eigenvalue weighted by Gasteiger charge is 2.03. The Bertz CT molecular complexity index is 374. The molecule has 1 unspecified atom stereocenters. The smallest absolute Gasteiger partial charge is 0.0720 e. The summed E-state index contributed by atoms with van der Waals surface area (Å²) in [6.45, 7) is 5.24. The zero-order valence-corrected chi connectivity index (χ0v) is 17.3. The second-order valence-electron chi connectivity index (χ2n) is 6.69. The van der Waals surface area contributed by atoms with E-state index in [0.29, 0.717) is 6.10 Å². The molecule has 0 aliphatic rings. The predicted octanol–water partition coefficient (Wildman–Crippen LogP) is 7.45. The van der Waals surface area contributed by atoms with E-state index in [2.05, 4.69) is 60.7 Å². The van der Waals surface area contributed by atoms with Crippen LogP contribution in [0.25, 0.3) is 0 Å². The molecule has 0 saturated carbocycles. The first kappa shape index (κ1) is 21.0. The molecule has 0 aliphatic carbocycles. The molecule has 1 atom stereocenters. The molecule has 0 amide bonds. The van der Waals surface area contributed by atoms with E-state index >= 15 is 0 Å². The van der Waals surface area contributed by atoms with Gasteiger partial charge in [-0.05, 0) is 24.5 Å². The van der Waals surface area contributed by atoms with Gasteiger partial charge in [-0.3, -0.25) is 0 Å². The number of unbranched alkanes of at least 4 members (excludes halogenated alkanes) is 8. The number of hydrogen-bond acceptors (Lipinski definition) is 1. The first-order chi connectivity index (χ1) is 11.3. The molecule has 0 aromatic heterocycles. The molecule has 1 aromatic carbocycles. The van der Waals surface area contributed by atoms with Gasteiger partial charge in [-0.15, -0.1) is 0 Å². The van der Waals surface area contributed by atoms with Crippen molar-refractivity contribution >= 4 is 22.6 Å². The molecular formula is C21H35IO. The van der Waals surface area contributed by atoms with Gasteiger partial charge in [-0.2, -0.15) is 0 Å². The van der Waals surface area contributed by atoms with E-state index < -0.39 is 0 Å². The van der Waals surface area contributed by atoms with Crippen molar-refractivity contribution in [2.24, 2.45) is 0 Å². The Labute approximate surface area is 157 Å². The average molecular weight is 430 g/mol. The minimum atomic E-state index is 0.379. The Morgan fingerprint density at radius 1 is 0.826 bits per heavy atom. The fourth-order valence-corrected chi connectivity index (χ4v) is 3.30. The number of halogens is 1. The molecular weight excluding hydrogens is 395 g/mol. The summed E-state index contributed by atoms with van der Waals surface area (Å²) in [5, 5.41) is 0. The van der Waals surface area contributed by atoms with Crippen LogP contribution in [0, 0.1) is 0 Å². The summed E-state index contributed by atoms with van der Waals surface area (Å²) in [7, 11) is 0. The quantitative estimate of drug-likeness (QED) is 0.169. The van der Waals surface area contributed by atoms with Crippen molar-refractivity contribution in [3.05, 3.63) is 35.4 Å². The lowest BCUT2D eigenvalue weighted by Gasteiger charge is -2.13. The Kier molecular flexibility index (Phi) is 13.0. The summed E-state index contributed by atoms with van der Waals surface area (Å²) < 4.78 is 7.05. The van der Waals surface area contributed by atoms with Crippen molar-refractivity contribution < 1.29 is 4.74 Å². The molecule has 0 N–H and O–H groups in total. The SMILES string of the molecule is CCCCCCCCCCCC(C)OCc1ccc(CI)cc1. The summed E-state index contributed by atoms with van der Waals surface area (Å²) in [5.41, 5.74) is 2.68. The summed E-state index contributed by atoms with van der Waals surface area (Å²) in [4.78, 5) is 0. The third kappa shape index (κ3) is 11.1. The zero-order valence-electron chi connectivity index (χ0n) is 15.2. The van der Waals surface area contributed by atoms with E-state index in [1.54, 1.807) is 0 Å². The van der Waals surface area contributed by atoms with Crippen LogP contribution in [0.4, 0.5) is 0 Å². The third-order valence-corrected chi connectivity index (χ3v) is 5.31. The molecule has 0 bridgehead atoms. The van der Waals surface area contributed by atoms with Crippen molar-refractivity contribution in [2.45, 2.75) is 95.2 Å². The molecule has 1 rings (SSSR count). The molecule has 0 aliphatic heterocycles. The highest BCUT2D eigenvalue weighted by Crippen LogP contribution is 2.14. The summed E-state index contributed by atoms with van der Waals surface area (Å²) >= 11 is 2.40. The Morgan fingerprint density at radius 2 is 1.35 bits per heavy atom. The molecule has 1 aromatic rings. The van der Waals surface area contributed by atoms with Gasteiger partial charge < -0.3 is 4.74 Å². The van der Waals surface area contributed by atoms with Gasteiger partial charge in [0.05, 0.1) is 12.7 Å². The molecule has 2 heteroatoms. The van der Waals surface area contributed by atoms with Crippen molar-refractivity contribution in [3.8, 4) is 0 Å². The third-order valence-electron chi connectivity index (χ3n) is 4.43. The summed E-state index contributed by atoms with van der Waals surface area (Å²) in [6, 6.07) is 8.80. The van der Waals surface area contributed by atoms with Crippen molar-refractivity contribution in [2.75, 3.05) is 0 Å². The lowest BCUT2D eigenvalue weighted by molar-refractivity contribution is 0.0459. The Hall–Kier alpha value is -0.0900. The molecule has 23 heavy (non-hydrogen) atoms. The topological polar surface area (TPSA) is 9.23 Å². The monoisotopic (exact) mass is 430 g/mol. The normalized spacial score (nSPS) is 12.5. The van der Waals surface area contributed by atoms with Crippen molar-refractivity contribution in [1.29, 1.82) is 0 Å². The fraction of sp³-hybridized carbons (Fsp3) is 0.714. The number of benzene rings is 1. The van der Waals surface area contributed by atoms with Crippen LogP contribution < -0.4 is 0 Å². The average Bonchev–Trinajstić information content (AvgIpc) is 2.59. The minimum absolute atomic E-state index is 0.379. The van der Waals surface area contributed by atoms with Crippen LogP contribution in [0.1, 0.15) is 89.2 Å². The van der Waals surface area contributed by atoms with Gasteiger partial charge in [0.1, 0.15) is 0 Å². The highest BCUT2D eigenvalue weighted by atomic mass is 127. The standard InChI is InChI=1S/C21H35IO/c1-3-4-5-6-7-8-9-10-11-12-19(2)23-18-21-15-13-20(17-22)14-16-21/h13-16,19H,3-12,17-18H2,1-2H3. The summed E-state index contributed by atoms with van der Waals surface area (Å²) in [5.74, 6) is 0. The molecule has 0 spiro atoms. The minimum Gasteiger partial charge on any atom is -0.374 e. The van der Waals surface area contributed by atoms with Gasteiger partial charge in [0.15, 0.2) is 0 Å². The van der Waals surface area contributed by atoms with Crippen LogP contribution in [-0.4, -0.2) is 6.10 Å². The number of alkyl halides is 1. The van der Waals surface area contributed by atoms with Crippen LogP contribution in [0.3, 0.4) is 0 Å². The fourth-order valence-electron chi connectivity index (χ4n) is 2.79. The first-order valence-electron chi connectivity index (χ1n) is 9.51. The largest absolute Gasteiger partial charge is 0.374 e. The van der Waals surface area contributed by atoms with Crippen molar-refractivity contribution in [1.82, 2.24) is 0 Å². The van der Waals surface area contributed by atoms with E-state index in [1.165, 1.54) is 75.3 Å². The maximum Gasteiger partial charge on any atom is 0.0720 e. The lowest BCUT2D eigenvalue weighted by atomic mass is 10.1. The van der Waals surface area contributed by atoms with Crippen LogP contribution >= 0.6 is 22.6 Å². The molecule has 0 fully saturated rings. The van der Waals surface area contributed by atoms with E-state index in [0.717, 1.165) is 11.0 Å². The highest BCUT2D eigenvalue weighted by molar-refractivity contribution is 14.1. The van der Waals surface area contributed by atoms with Crippen LogP contribution in [0.5, 0.6) is 0 Å². The second-order valence-corrected chi connectivity index (χ2v) is 7.45. The number of rotatable bonds is 14. The van der Waals surface area contributed by atoms with Gasteiger partial charge in [-0.25, -0.2) is 0 Å². The zero-order chi connectivity index (χ0) is 16.8. The van der Waals surface area contributed by atoms with Gasteiger partial charge in [0.2, 0.25) is 0 Å². The molecule has 1 nitrogen and oxygen atoms in total. The van der Waals surface area contributed by atoms with Crippen LogP contribution in [0.15, 0.2) is 24.3 Å². The van der Waals surface area contributed by atoms with Gasteiger partial charge >= 0.3 is 0 Å².